The number of H-pyrrole nitrogens is 2. The molecule has 0 aliphatic carbocycles. The summed E-state index contributed by atoms with van der Waals surface area (Å²) >= 11 is 2.72. The number of fused-ring (bicyclic) bond motifs is 1. The van der Waals surface area contributed by atoms with Crippen molar-refractivity contribution >= 4 is 45.4 Å². The summed E-state index contributed by atoms with van der Waals surface area (Å²) in [5.74, 6) is 0.244. The summed E-state index contributed by atoms with van der Waals surface area (Å²) in [6.45, 7) is 1.55. The summed E-state index contributed by atoms with van der Waals surface area (Å²) in [6.07, 6.45) is 2.74. The number of aromatic amines is 2. The second-order valence-corrected chi connectivity index (χ2v) is 9.19. The van der Waals surface area contributed by atoms with E-state index < -0.39 is 5.97 Å². The van der Waals surface area contributed by atoms with Crippen LogP contribution in [0.4, 0.5) is 4.39 Å². The molecule has 3 aromatic rings. The average Bonchev–Trinajstić information content (AvgIpc) is 3.17. The van der Waals surface area contributed by atoms with Crippen molar-refractivity contribution in [2.45, 2.75) is 44.4 Å². The number of aryl methyl sites for hydroxylation is 1. The van der Waals surface area contributed by atoms with Crippen LogP contribution in [0.15, 0.2) is 40.3 Å². The van der Waals surface area contributed by atoms with Gasteiger partial charge in [-0.15, -0.1) is 11.8 Å². The molecule has 0 unspecified atom stereocenters. The lowest BCUT2D eigenvalue weighted by molar-refractivity contribution is -0.137. The van der Waals surface area contributed by atoms with Gasteiger partial charge in [-0.2, -0.15) is 0 Å². The van der Waals surface area contributed by atoms with Gasteiger partial charge in [-0.1, -0.05) is 18.7 Å². The molecule has 0 atom stereocenters. The number of carbonyl (C=O) groups is 1. The van der Waals surface area contributed by atoms with E-state index in [4.69, 9.17) is 15.6 Å². The molecular formula is C22H27FN4O4S2. The predicted octanol–water partition coefficient (Wildman–Crippen LogP) is 4.19. The fourth-order valence-electron chi connectivity index (χ4n) is 2.77. The SMILES string of the molecule is CCCC(=O)O.N=C(CSc1nc(CO)cc(=O)[nH]1)SCCCc1cc2ccc(F)cc2[nH]1. The van der Waals surface area contributed by atoms with Gasteiger partial charge < -0.3 is 20.2 Å². The van der Waals surface area contributed by atoms with E-state index in [2.05, 4.69) is 15.0 Å². The maximum Gasteiger partial charge on any atom is 0.303 e. The first-order valence-corrected chi connectivity index (χ1v) is 12.3. The molecule has 1 aromatic carbocycles. The van der Waals surface area contributed by atoms with E-state index in [-0.39, 0.29) is 18.0 Å². The second-order valence-electron chi connectivity index (χ2n) is 7.03. The molecule has 8 nitrogen and oxygen atoms in total. The van der Waals surface area contributed by atoms with Gasteiger partial charge in [0.2, 0.25) is 0 Å². The number of aliphatic hydroxyl groups excluding tert-OH is 1. The van der Waals surface area contributed by atoms with Gasteiger partial charge >= 0.3 is 5.97 Å². The van der Waals surface area contributed by atoms with Crippen LogP contribution >= 0.6 is 23.5 Å². The summed E-state index contributed by atoms with van der Waals surface area (Å²) in [4.78, 5) is 31.0. The molecule has 5 N–H and O–H groups in total. The highest BCUT2D eigenvalue weighted by Crippen LogP contribution is 2.19. The van der Waals surface area contributed by atoms with Crippen LogP contribution in [0.3, 0.4) is 0 Å². The predicted molar refractivity (Wildman–Crippen MR) is 131 cm³/mol. The van der Waals surface area contributed by atoms with Crippen LogP contribution in [-0.2, 0) is 17.8 Å². The Hall–Kier alpha value is -2.63. The number of rotatable bonds is 10. The fourth-order valence-corrected chi connectivity index (χ4v) is 4.44. The molecule has 0 bridgehead atoms. The number of carboxylic acid groups (broad SMARTS) is 1. The Morgan fingerprint density at radius 2 is 2.03 bits per heavy atom. The minimum absolute atomic E-state index is 0.252. The number of hydrogen-bond acceptors (Lipinski definition) is 7. The number of benzene rings is 1. The van der Waals surface area contributed by atoms with Crippen molar-refractivity contribution in [2.24, 2.45) is 0 Å². The van der Waals surface area contributed by atoms with Crippen LogP contribution in [0.1, 0.15) is 37.6 Å². The first-order chi connectivity index (χ1) is 15.8. The summed E-state index contributed by atoms with van der Waals surface area (Å²) in [7, 11) is 0. The Bertz CT molecular complexity index is 1130. The third-order valence-corrected chi connectivity index (χ3v) is 6.31. The van der Waals surface area contributed by atoms with Gasteiger partial charge in [0, 0.05) is 29.5 Å². The van der Waals surface area contributed by atoms with Crippen LogP contribution in [0, 0.1) is 11.2 Å². The van der Waals surface area contributed by atoms with Gasteiger partial charge in [0.1, 0.15) is 5.82 Å². The second kappa shape index (κ2) is 13.8. The quantitative estimate of drug-likeness (QED) is 0.0935. The zero-order chi connectivity index (χ0) is 24.2. The number of nitrogens with zero attached hydrogens (tertiary/aromatic N) is 1. The van der Waals surface area contributed by atoms with Gasteiger partial charge in [0.25, 0.3) is 5.56 Å². The van der Waals surface area contributed by atoms with Crippen molar-refractivity contribution in [3.63, 3.8) is 0 Å². The van der Waals surface area contributed by atoms with E-state index in [1.165, 1.54) is 41.7 Å². The smallest absolute Gasteiger partial charge is 0.303 e. The number of carboxylic acids is 1. The maximum atomic E-state index is 13.2. The lowest BCUT2D eigenvalue weighted by Gasteiger charge is -2.04. The van der Waals surface area contributed by atoms with Crippen molar-refractivity contribution in [2.75, 3.05) is 11.5 Å². The Kier molecular flexibility index (Phi) is 11.1. The third kappa shape index (κ3) is 9.80. The molecule has 2 aromatic heterocycles. The van der Waals surface area contributed by atoms with Gasteiger partial charge in [-0.25, -0.2) is 9.37 Å². The standard InChI is InChI=1S/C18H19FN4O2S2.C4H8O2/c19-12-4-3-11-6-13(21-15(11)7-12)2-1-5-26-16(20)10-27-18-22-14(9-24)8-17(25)23-18;1-2-3-4(5)6/h3-4,6-8,20-21,24H,1-2,5,9-10H2,(H,22,23,25);2-3H2,1H3,(H,5,6). The van der Waals surface area contributed by atoms with Crippen molar-refractivity contribution < 1.29 is 19.4 Å². The van der Waals surface area contributed by atoms with Gasteiger partial charge in [0.05, 0.1) is 17.3 Å². The topological polar surface area (TPSA) is 143 Å². The molecule has 0 amide bonds. The van der Waals surface area contributed by atoms with E-state index in [0.29, 0.717) is 28.1 Å². The molecule has 178 valence electrons. The zero-order valence-corrected chi connectivity index (χ0v) is 19.8. The monoisotopic (exact) mass is 494 g/mol. The molecule has 0 spiro atoms. The summed E-state index contributed by atoms with van der Waals surface area (Å²) in [6, 6.07) is 7.98. The minimum Gasteiger partial charge on any atom is -0.481 e. The van der Waals surface area contributed by atoms with E-state index in [0.717, 1.165) is 41.6 Å². The van der Waals surface area contributed by atoms with E-state index in [1.54, 1.807) is 6.07 Å². The Morgan fingerprint density at radius 3 is 2.70 bits per heavy atom. The Balaban J connectivity index is 0.000000569. The molecule has 0 aliphatic heterocycles. The number of thioether (sulfide) groups is 2. The molecule has 0 radical (unpaired) electrons. The molecule has 33 heavy (non-hydrogen) atoms. The molecule has 3 rings (SSSR count). The summed E-state index contributed by atoms with van der Waals surface area (Å²) < 4.78 is 13.2. The molecule has 11 heteroatoms. The highest BCUT2D eigenvalue weighted by Gasteiger charge is 2.06. The lowest BCUT2D eigenvalue weighted by atomic mass is 10.2. The molecule has 0 fully saturated rings. The summed E-state index contributed by atoms with van der Waals surface area (Å²) in [5, 5.41) is 26.9. The minimum atomic E-state index is -0.711. The number of nitrogens with one attached hydrogen (secondary N) is 3. The van der Waals surface area contributed by atoms with E-state index in [1.807, 2.05) is 13.0 Å². The highest BCUT2D eigenvalue weighted by molar-refractivity contribution is 8.15. The van der Waals surface area contributed by atoms with Crippen LogP contribution in [0.25, 0.3) is 10.9 Å². The Morgan fingerprint density at radius 1 is 1.24 bits per heavy atom. The van der Waals surface area contributed by atoms with Crippen LogP contribution in [0.2, 0.25) is 0 Å². The van der Waals surface area contributed by atoms with Crippen LogP contribution in [-0.4, -0.2) is 47.7 Å². The van der Waals surface area contributed by atoms with Crippen molar-refractivity contribution in [1.82, 2.24) is 15.0 Å². The number of aromatic nitrogens is 3. The van der Waals surface area contributed by atoms with Gasteiger partial charge in [0.15, 0.2) is 5.16 Å². The molecule has 0 saturated heterocycles. The average molecular weight is 495 g/mol. The van der Waals surface area contributed by atoms with Gasteiger partial charge in [-0.3, -0.25) is 15.0 Å². The van der Waals surface area contributed by atoms with Crippen molar-refractivity contribution in [3.05, 3.63) is 57.9 Å². The lowest BCUT2D eigenvalue weighted by Crippen LogP contribution is -2.10. The molecular weight excluding hydrogens is 467 g/mol. The van der Waals surface area contributed by atoms with Crippen molar-refractivity contribution in [1.29, 1.82) is 5.41 Å². The van der Waals surface area contributed by atoms with Crippen LogP contribution in [0.5, 0.6) is 0 Å². The molecule has 0 aliphatic rings. The first kappa shape index (κ1) is 26.6. The van der Waals surface area contributed by atoms with Crippen LogP contribution < -0.4 is 5.56 Å². The van der Waals surface area contributed by atoms with E-state index >= 15 is 0 Å². The molecule has 0 saturated carbocycles. The van der Waals surface area contributed by atoms with E-state index in [9.17, 15) is 14.0 Å². The van der Waals surface area contributed by atoms with Crippen molar-refractivity contribution in [3.8, 4) is 0 Å². The number of hydrogen-bond donors (Lipinski definition) is 5. The summed E-state index contributed by atoms with van der Waals surface area (Å²) in [5.41, 5.74) is 1.86. The normalized spacial score (nSPS) is 10.6. The Labute approximate surface area is 198 Å². The number of aliphatic hydroxyl groups is 1. The number of halogens is 1. The largest absolute Gasteiger partial charge is 0.481 e. The molecule has 2 heterocycles. The van der Waals surface area contributed by atoms with Gasteiger partial charge in [-0.05, 0) is 54.7 Å². The highest BCUT2D eigenvalue weighted by atomic mass is 32.2. The first-order valence-electron chi connectivity index (χ1n) is 10.3. The number of aliphatic carboxylic acids is 1. The fraction of sp³-hybridized carbons (Fsp3) is 0.364. The zero-order valence-electron chi connectivity index (χ0n) is 18.2. The maximum absolute atomic E-state index is 13.2. The third-order valence-electron chi connectivity index (χ3n) is 4.25.